The molecule has 0 saturated heterocycles. The van der Waals surface area contributed by atoms with E-state index in [2.05, 4.69) is 62.2 Å². The largest absolute Gasteiger partial charge is 0.347 e. The Bertz CT molecular complexity index is 823. The van der Waals surface area contributed by atoms with E-state index in [-0.39, 0.29) is 5.41 Å². The average Bonchev–Trinajstić information content (AvgIpc) is 2.77. The predicted molar refractivity (Wildman–Crippen MR) is 92.5 cm³/mol. The maximum atomic E-state index is 9.44. The molecule has 3 nitrogen and oxygen atoms in total. The first-order chi connectivity index (χ1) is 11.1. The van der Waals surface area contributed by atoms with Gasteiger partial charge >= 0.3 is 0 Å². The molecular formula is C20H20N3+. The predicted octanol–water partition coefficient (Wildman–Crippen LogP) is 3.65. The summed E-state index contributed by atoms with van der Waals surface area (Å²) in [6, 6.07) is 16.5. The van der Waals surface area contributed by atoms with E-state index in [0.717, 1.165) is 0 Å². The molecule has 1 aliphatic heterocycles. The van der Waals surface area contributed by atoms with E-state index in [4.69, 9.17) is 0 Å². The van der Waals surface area contributed by atoms with Crippen molar-refractivity contribution in [1.82, 2.24) is 0 Å². The molecule has 3 heteroatoms. The fourth-order valence-corrected chi connectivity index (χ4v) is 3.20. The lowest BCUT2D eigenvalue weighted by atomic mass is 9.84. The van der Waals surface area contributed by atoms with Crippen LogP contribution < -0.4 is 9.47 Å². The molecule has 0 bridgehead atoms. The van der Waals surface area contributed by atoms with E-state index in [1.165, 1.54) is 16.9 Å². The molecule has 0 aliphatic carbocycles. The molecule has 0 saturated carbocycles. The van der Waals surface area contributed by atoms with Crippen molar-refractivity contribution < 1.29 is 4.57 Å². The molecule has 2 heterocycles. The highest BCUT2D eigenvalue weighted by Gasteiger charge is 2.37. The fourth-order valence-electron chi connectivity index (χ4n) is 3.20. The van der Waals surface area contributed by atoms with E-state index in [1.54, 1.807) is 0 Å². The summed E-state index contributed by atoms with van der Waals surface area (Å²) in [5.74, 6) is 0. The third-order valence-electron chi connectivity index (χ3n) is 4.45. The summed E-state index contributed by atoms with van der Waals surface area (Å²) in [6.07, 6.45) is 7.70. The van der Waals surface area contributed by atoms with Crippen LogP contribution in [0.2, 0.25) is 0 Å². The topological polar surface area (TPSA) is 30.9 Å². The number of fused-ring (bicyclic) bond motifs is 1. The van der Waals surface area contributed by atoms with Crippen molar-refractivity contribution in [2.24, 2.45) is 0 Å². The Morgan fingerprint density at radius 2 is 1.83 bits per heavy atom. The van der Waals surface area contributed by atoms with Crippen LogP contribution in [0.4, 0.5) is 5.69 Å². The van der Waals surface area contributed by atoms with Gasteiger partial charge in [0, 0.05) is 42.1 Å². The van der Waals surface area contributed by atoms with Gasteiger partial charge in [0.15, 0.2) is 18.5 Å². The summed E-state index contributed by atoms with van der Waals surface area (Å²) in [4.78, 5) is 2.20. The first-order valence-corrected chi connectivity index (χ1v) is 7.68. The molecular weight excluding hydrogens is 282 g/mol. The lowest BCUT2D eigenvalue weighted by Gasteiger charge is -2.23. The molecule has 0 amide bonds. The third kappa shape index (κ3) is 2.53. The van der Waals surface area contributed by atoms with Crippen LogP contribution in [0.3, 0.4) is 0 Å². The molecule has 0 N–H and O–H groups in total. The van der Waals surface area contributed by atoms with Gasteiger partial charge in [-0.2, -0.15) is 9.83 Å². The summed E-state index contributed by atoms with van der Waals surface area (Å²) in [5, 5.41) is 9.44. The summed E-state index contributed by atoms with van der Waals surface area (Å²) in [5.41, 5.74) is 4.24. The number of nitrogens with zero attached hydrogens (tertiary/aromatic N) is 3. The minimum Gasteiger partial charge on any atom is -0.347 e. The van der Waals surface area contributed by atoms with Gasteiger partial charge in [0.25, 0.3) is 5.70 Å². The zero-order valence-electron chi connectivity index (χ0n) is 13.7. The summed E-state index contributed by atoms with van der Waals surface area (Å²) in [7, 11) is 2.08. The van der Waals surface area contributed by atoms with Crippen molar-refractivity contribution in [3.05, 3.63) is 78.3 Å². The number of rotatable bonds is 2. The lowest BCUT2D eigenvalue weighted by Crippen LogP contribution is -2.30. The monoisotopic (exact) mass is 302 g/mol. The van der Waals surface area contributed by atoms with Crippen LogP contribution in [0.1, 0.15) is 19.4 Å². The Labute approximate surface area is 137 Å². The van der Waals surface area contributed by atoms with Crippen LogP contribution in [0.15, 0.2) is 72.7 Å². The normalized spacial score (nSPS) is 17.9. The maximum Gasteiger partial charge on any atom is 0.288 e. The number of aromatic nitrogens is 1. The zero-order chi connectivity index (χ0) is 16.4. The first-order valence-electron chi connectivity index (χ1n) is 7.68. The quantitative estimate of drug-likeness (QED) is 0.626. The highest BCUT2D eigenvalue weighted by Crippen LogP contribution is 2.46. The Kier molecular flexibility index (Phi) is 3.75. The molecule has 1 aromatic carbocycles. The number of allylic oxidation sites excluding steroid dienone is 4. The molecule has 0 fully saturated rings. The van der Waals surface area contributed by atoms with E-state index < -0.39 is 0 Å². The number of hydrogen-bond donors (Lipinski definition) is 0. The van der Waals surface area contributed by atoms with Gasteiger partial charge < -0.3 is 4.90 Å². The van der Waals surface area contributed by atoms with Crippen LogP contribution in [0.5, 0.6) is 0 Å². The maximum absolute atomic E-state index is 9.44. The van der Waals surface area contributed by atoms with Crippen molar-refractivity contribution in [3.63, 3.8) is 0 Å². The van der Waals surface area contributed by atoms with Gasteiger partial charge in [-0.15, -0.1) is 0 Å². The van der Waals surface area contributed by atoms with Gasteiger partial charge in [-0.3, -0.25) is 0 Å². The Hall–Kier alpha value is -2.86. The summed E-state index contributed by atoms with van der Waals surface area (Å²) >= 11 is 0. The molecule has 114 valence electrons. The summed E-state index contributed by atoms with van der Waals surface area (Å²) in [6.45, 7) is 4.44. The van der Waals surface area contributed by atoms with Crippen LogP contribution >= 0.6 is 0 Å². The zero-order valence-corrected chi connectivity index (χ0v) is 13.7. The molecule has 0 unspecified atom stereocenters. The number of nitriles is 1. The molecule has 3 rings (SSSR count). The van der Waals surface area contributed by atoms with E-state index in [1.807, 2.05) is 41.2 Å². The van der Waals surface area contributed by atoms with Crippen molar-refractivity contribution in [1.29, 1.82) is 5.26 Å². The second-order valence-corrected chi connectivity index (χ2v) is 6.20. The van der Waals surface area contributed by atoms with Crippen molar-refractivity contribution >= 4 is 11.4 Å². The molecule has 0 radical (unpaired) electrons. The Balaban J connectivity index is 2.04. The minimum absolute atomic E-state index is 0.0796. The standard InChI is InChI=1S/C20H20N3/c1-20(2)17-9-5-6-10-18(17)22(3)19(20)12-11-16(15-21)23-13-7-4-8-14-23/h4-14H,1-3H3/q+1/b16-11+,19-12-. The molecule has 2 aromatic rings. The first kappa shape index (κ1) is 15.1. The second-order valence-electron chi connectivity index (χ2n) is 6.20. The SMILES string of the molecule is CN1/C(=C\C=C(/C#N)[n+]2ccccc2)C(C)(C)c2ccccc21. The van der Waals surface area contributed by atoms with E-state index in [0.29, 0.717) is 5.70 Å². The van der Waals surface area contributed by atoms with Gasteiger partial charge in [-0.1, -0.05) is 38.1 Å². The number of benzene rings is 1. The van der Waals surface area contributed by atoms with Gasteiger partial charge in [0.2, 0.25) is 0 Å². The third-order valence-corrected chi connectivity index (χ3v) is 4.45. The van der Waals surface area contributed by atoms with Crippen molar-refractivity contribution in [2.45, 2.75) is 19.3 Å². The van der Waals surface area contributed by atoms with Crippen LogP contribution in [-0.4, -0.2) is 7.05 Å². The van der Waals surface area contributed by atoms with Crippen molar-refractivity contribution in [3.8, 4) is 6.07 Å². The minimum atomic E-state index is -0.0796. The summed E-state index contributed by atoms with van der Waals surface area (Å²) < 4.78 is 1.83. The number of anilines is 1. The molecule has 0 atom stereocenters. The number of hydrogen-bond acceptors (Lipinski definition) is 2. The van der Waals surface area contributed by atoms with Gasteiger partial charge in [0.1, 0.15) is 0 Å². The fraction of sp³-hybridized carbons (Fsp3) is 0.200. The Morgan fingerprint density at radius 1 is 1.13 bits per heavy atom. The highest BCUT2D eigenvalue weighted by molar-refractivity contribution is 5.70. The number of para-hydroxylation sites is 1. The van der Waals surface area contributed by atoms with Crippen LogP contribution in [0.25, 0.3) is 5.70 Å². The molecule has 0 spiro atoms. The van der Waals surface area contributed by atoms with Crippen LogP contribution in [-0.2, 0) is 5.41 Å². The molecule has 23 heavy (non-hydrogen) atoms. The van der Waals surface area contributed by atoms with E-state index >= 15 is 0 Å². The van der Waals surface area contributed by atoms with Gasteiger partial charge in [-0.05, 0) is 17.7 Å². The van der Waals surface area contributed by atoms with E-state index in [9.17, 15) is 5.26 Å². The number of likely N-dealkylation sites (N-methyl/N-ethyl adjacent to an activating group) is 1. The number of pyridine rings is 1. The van der Waals surface area contributed by atoms with Crippen molar-refractivity contribution in [2.75, 3.05) is 11.9 Å². The van der Waals surface area contributed by atoms with Gasteiger partial charge in [-0.25, -0.2) is 0 Å². The molecule has 1 aliphatic rings. The van der Waals surface area contributed by atoms with Crippen LogP contribution in [0, 0.1) is 11.3 Å². The Morgan fingerprint density at radius 3 is 2.48 bits per heavy atom. The lowest BCUT2D eigenvalue weighted by molar-refractivity contribution is -0.577. The molecule has 1 aromatic heterocycles. The average molecular weight is 302 g/mol. The smallest absolute Gasteiger partial charge is 0.288 e. The van der Waals surface area contributed by atoms with Gasteiger partial charge in [0.05, 0.1) is 0 Å². The highest BCUT2D eigenvalue weighted by atomic mass is 15.2. The second kappa shape index (κ2) is 5.73.